The van der Waals surface area contributed by atoms with Gasteiger partial charge in [-0.05, 0) is 24.6 Å². The molecule has 0 bridgehead atoms. The predicted octanol–water partition coefficient (Wildman–Crippen LogP) is 2.17. The summed E-state index contributed by atoms with van der Waals surface area (Å²) in [4.78, 5) is 11.0. The van der Waals surface area contributed by atoms with Gasteiger partial charge in [0.25, 0.3) is 0 Å². The molecular weight excluding hydrogens is 333 g/mol. The van der Waals surface area contributed by atoms with Crippen LogP contribution in [0.2, 0.25) is 0 Å². The van der Waals surface area contributed by atoms with Gasteiger partial charge in [-0.1, -0.05) is 12.1 Å². The number of aryl methyl sites for hydroxylation is 1. The largest absolute Gasteiger partial charge is 0.357 e. The minimum atomic E-state index is -0.230. The average molecular weight is 353 g/mol. The number of aromatic nitrogens is 5. The van der Waals surface area contributed by atoms with Gasteiger partial charge in [0, 0.05) is 38.3 Å². The lowest BCUT2D eigenvalue weighted by atomic mass is 10.1. The summed E-state index contributed by atoms with van der Waals surface area (Å²) < 4.78 is 15.5. The SMILES string of the molecule is CNc1nc(C)cc(N2CCn3c(Cc4cccc(F)c4)nnc3C2)n1. The zero-order chi connectivity index (χ0) is 18.1. The van der Waals surface area contributed by atoms with Crippen molar-refractivity contribution in [1.82, 2.24) is 24.7 Å². The molecule has 8 heteroatoms. The summed E-state index contributed by atoms with van der Waals surface area (Å²) in [6.07, 6.45) is 0.571. The van der Waals surface area contributed by atoms with E-state index in [2.05, 4.69) is 34.9 Å². The van der Waals surface area contributed by atoms with Crippen molar-refractivity contribution >= 4 is 11.8 Å². The second-order valence-corrected chi connectivity index (χ2v) is 6.35. The summed E-state index contributed by atoms with van der Waals surface area (Å²) in [5, 5.41) is 11.6. The van der Waals surface area contributed by atoms with Crippen LogP contribution < -0.4 is 10.2 Å². The standard InChI is InChI=1S/C18H20FN7/c1-12-8-15(22-18(20-2)21-12)25-6-7-26-16(23-24-17(26)11-25)10-13-4-3-5-14(19)9-13/h3-5,8-9H,6-7,10-11H2,1-2H3,(H,20,21,22). The van der Waals surface area contributed by atoms with Crippen LogP contribution in [0, 0.1) is 12.7 Å². The van der Waals surface area contributed by atoms with E-state index in [-0.39, 0.29) is 5.82 Å². The van der Waals surface area contributed by atoms with E-state index in [9.17, 15) is 4.39 Å². The number of rotatable bonds is 4. The molecule has 0 unspecified atom stereocenters. The van der Waals surface area contributed by atoms with Crippen LogP contribution in [0.1, 0.15) is 22.9 Å². The average Bonchev–Trinajstić information content (AvgIpc) is 3.03. The van der Waals surface area contributed by atoms with Gasteiger partial charge in [0.1, 0.15) is 17.5 Å². The van der Waals surface area contributed by atoms with Crippen LogP contribution in [0.3, 0.4) is 0 Å². The second-order valence-electron chi connectivity index (χ2n) is 6.35. The molecule has 0 radical (unpaired) electrons. The third kappa shape index (κ3) is 3.22. The van der Waals surface area contributed by atoms with Crippen molar-refractivity contribution in [2.45, 2.75) is 26.4 Å². The molecule has 1 aliphatic heterocycles. The molecule has 0 saturated heterocycles. The first-order valence-electron chi connectivity index (χ1n) is 8.56. The maximum Gasteiger partial charge on any atom is 0.224 e. The molecule has 0 fully saturated rings. The number of fused-ring (bicyclic) bond motifs is 1. The summed E-state index contributed by atoms with van der Waals surface area (Å²) in [6.45, 7) is 4.16. The van der Waals surface area contributed by atoms with Crippen molar-refractivity contribution in [3.8, 4) is 0 Å². The van der Waals surface area contributed by atoms with Gasteiger partial charge in [-0.2, -0.15) is 4.98 Å². The second kappa shape index (κ2) is 6.70. The highest BCUT2D eigenvalue weighted by molar-refractivity contribution is 5.45. The highest BCUT2D eigenvalue weighted by Crippen LogP contribution is 2.21. The third-order valence-corrected chi connectivity index (χ3v) is 4.47. The smallest absolute Gasteiger partial charge is 0.224 e. The summed E-state index contributed by atoms with van der Waals surface area (Å²) in [5.74, 6) is 3.01. The monoisotopic (exact) mass is 353 g/mol. The van der Waals surface area contributed by atoms with Crippen molar-refractivity contribution in [1.29, 1.82) is 0 Å². The molecule has 3 heterocycles. The predicted molar refractivity (Wildman–Crippen MR) is 96.6 cm³/mol. The zero-order valence-electron chi connectivity index (χ0n) is 14.8. The molecule has 0 saturated carbocycles. The van der Waals surface area contributed by atoms with Crippen LogP contribution in [0.4, 0.5) is 16.2 Å². The molecule has 4 rings (SSSR count). The Hall–Kier alpha value is -3.03. The first-order valence-corrected chi connectivity index (χ1v) is 8.56. The summed E-state index contributed by atoms with van der Waals surface area (Å²) in [7, 11) is 1.81. The molecule has 134 valence electrons. The first kappa shape index (κ1) is 16.4. The van der Waals surface area contributed by atoms with Crippen molar-refractivity contribution in [2.24, 2.45) is 0 Å². The maximum atomic E-state index is 13.4. The number of hydrogen-bond donors (Lipinski definition) is 1. The molecule has 26 heavy (non-hydrogen) atoms. The Labute approximate surface area is 150 Å². The van der Waals surface area contributed by atoms with E-state index in [0.29, 0.717) is 18.9 Å². The zero-order valence-corrected chi connectivity index (χ0v) is 14.8. The lowest BCUT2D eigenvalue weighted by molar-refractivity contribution is 0.542. The number of nitrogens with one attached hydrogen (secondary N) is 1. The fourth-order valence-corrected chi connectivity index (χ4v) is 3.20. The lowest BCUT2D eigenvalue weighted by Gasteiger charge is -2.29. The van der Waals surface area contributed by atoms with Crippen LogP contribution in [-0.2, 0) is 19.5 Å². The molecular formula is C18H20FN7. The lowest BCUT2D eigenvalue weighted by Crippen LogP contribution is -2.35. The van der Waals surface area contributed by atoms with E-state index >= 15 is 0 Å². The molecule has 0 amide bonds. The Morgan fingerprint density at radius 1 is 1.15 bits per heavy atom. The molecule has 3 aromatic rings. The third-order valence-electron chi connectivity index (χ3n) is 4.47. The van der Waals surface area contributed by atoms with Gasteiger partial charge in [-0.25, -0.2) is 9.37 Å². The van der Waals surface area contributed by atoms with Crippen LogP contribution in [0.5, 0.6) is 0 Å². The Kier molecular flexibility index (Phi) is 4.24. The molecule has 0 spiro atoms. The van der Waals surface area contributed by atoms with Crippen LogP contribution in [-0.4, -0.2) is 38.3 Å². The molecule has 0 aliphatic carbocycles. The first-order chi connectivity index (χ1) is 12.6. The normalized spacial score (nSPS) is 13.6. The Balaban J connectivity index is 1.55. The molecule has 0 atom stereocenters. The van der Waals surface area contributed by atoms with E-state index < -0.39 is 0 Å². The molecule has 1 aromatic carbocycles. The fraction of sp³-hybridized carbons (Fsp3) is 0.333. The quantitative estimate of drug-likeness (QED) is 0.775. The topological polar surface area (TPSA) is 71.8 Å². The van der Waals surface area contributed by atoms with E-state index in [4.69, 9.17) is 0 Å². The molecule has 2 aromatic heterocycles. The van der Waals surface area contributed by atoms with Crippen molar-refractivity contribution in [2.75, 3.05) is 23.8 Å². The number of nitrogens with zero attached hydrogens (tertiary/aromatic N) is 6. The highest BCUT2D eigenvalue weighted by atomic mass is 19.1. The van der Waals surface area contributed by atoms with E-state index in [1.807, 2.05) is 26.1 Å². The van der Waals surface area contributed by atoms with Gasteiger partial charge in [-0.3, -0.25) is 0 Å². The van der Waals surface area contributed by atoms with E-state index in [0.717, 1.165) is 41.8 Å². The fourth-order valence-electron chi connectivity index (χ4n) is 3.20. The number of halogens is 1. The van der Waals surface area contributed by atoms with Gasteiger partial charge < -0.3 is 14.8 Å². The maximum absolute atomic E-state index is 13.4. The van der Waals surface area contributed by atoms with Gasteiger partial charge >= 0.3 is 0 Å². The highest BCUT2D eigenvalue weighted by Gasteiger charge is 2.22. The molecule has 1 aliphatic rings. The van der Waals surface area contributed by atoms with Gasteiger partial charge in [0.15, 0.2) is 5.82 Å². The summed E-state index contributed by atoms with van der Waals surface area (Å²) >= 11 is 0. The Morgan fingerprint density at radius 3 is 2.85 bits per heavy atom. The number of anilines is 2. The van der Waals surface area contributed by atoms with E-state index in [1.165, 1.54) is 6.07 Å². The summed E-state index contributed by atoms with van der Waals surface area (Å²) in [6, 6.07) is 8.59. The number of benzene rings is 1. The van der Waals surface area contributed by atoms with Gasteiger partial charge in [0.2, 0.25) is 5.95 Å². The van der Waals surface area contributed by atoms with Crippen molar-refractivity contribution < 1.29 is 4.39 Å². The molecule has 1 N–H and O–H groups in total. The van der Waals surface area contributed by atoms with Crippen LogP contribution in [0.25, 0.3) is 0 Å². The van der Waals surface area contributed by atoms with Gasteiger partial charge in [0.05, 0.1) is 6.54 Å². The molecule has 7 nitrogen and oxygen atoms in total. The van der Waals surface area contributed by atoms with Gasteiger partial charge in [-0.15, -0.1) is 10.2 Å². The Morgan fingerprint density at radius 2 is 2.04 bits per heavy atom. The van der Waals surface area contributed by atoms with Crippen molar-refractivity contribution in [3.05, 3.63) is 59.1 Å². The Bertz CT molecular complexity index is 937. The van der Waals surface area contributed by atoms with Crippen LogP contribution in [0.15, 0.2) is 30.3 Å². The minimum absolute atomic E-state index is 0.230. The van der Waals surface area contributed by atoms with Crippen molar-refractivity contribution in [3.63, 3.8) is 0 Å². The summed E-state index contributed by atoms with van der Waals surface area (Å²) in [5.41, 5.74) is 1.81. The minimum Gasteiger partial charge on any atom is -0.357 e. The van der Waals surface area contributed by atoms with Crippen LogP contribution >= 0.6 is 0 Å². The number of hydrogen-bond acceptors (Lipinski definition) is 6. The van der Waals surface area contributed by atoms with E-state index in [1.54, 1.807) is 12.1 Å².